The lowest BCUT2D eigenvalue weighted by molar-refractivity contribution is -0.0262. The van der Waals surface area contributed by atoms with Crippen LogP contribution in [0.2, 0.25) is 5.02 Å². The zero-order chi connectivity index (χ0) is 30.8. The van der Waals surface area contributed by atoms with Crippen molar-refractivity contribution < 1.29 is 15.0 Å². The molecule has 2 saturated heterocycles. The first-order chi connectivity index (χ1) is 21.4. The summed E-state index contributed by atoms with van der Waals surface area (Å²) in [5.41, 5.74) is 2.13. The number of urea groups is 1. The number of rotatable bonds is 12. The zero-order valence-electron chi connectivity index (χ0n) is 25.6. The van der Waals surface area contributed by atoms with Gasteiger partial charge in [-0.15, -0.1) is 0 Å². The summed E-state index contributed by atoms with van der Waals surface area (Å²) >= 11 is 6.07. The minimum Gasteiger partial charge on any atom is -0.395 e. The number of aliphatic hydroxyl groups is 2. The summed E-state index contributed by atoms with van der Waals surface area (Å²) < 4.78 is 0. The number of halogens is 1. The molecule has 2 fully saturated rings. The van der Waals surface area contributed by atoms with E-state index < -0.39 is 5.60 Å². The van der Waals surface area contributed by atoms with Crippen LogP contribution in [0.25, 0.3) is 0 Å². The number of nitrogens with one attached hydrogen (secondary N) is 2. The topological polar surface area (TPSA) is 88.1 Å². The summed E-state index contributed by atoms with van der Waals surface area (Å²) in [4.78, 5) is 17.9. The molecule has 4 N–H and O–H groups in total. The van der Waals surface area contributed by atoms with Crippen LogP contribution in [-0.2, 0) is 11.0 Å². The van der Waals surface area contributed by atoms with Gasteiger partial charge in [0.05, 0.1) is 12.2 Å². The van der Waals surface area contributed by atoms with Gasteiger partial charge in [-0.2, -0.15) is 0 Å². The van der Waals surface area contributed by atoms with Crippen LogP contribution in [0.15, 0.2) is 84.9 Å². The molecule has 3 aromatic rings. The van der Waals surface area contributed by atoms with E-state index in [1.165, 1.54) is 11.1 Å². The van der Waals surface area contributed by atoms with E-state index in [9.17, 15) is 15.0 Å². The Labute approximate surface area is 267 Å². The van der Waals surface area contributed by atoms with Gasteiger partial charge >= 0.3 is 6.03 Å². The molecule has 0 radical (unpaired) electrons. The fourth-order valence-electron chi connectivity index (χ4n) is 6.97. The molecule has 0 unspecified atom stereocenters. The first-order valence-electron chi connectivity index (χ1n) is 16.1. The van der Waals surface area contributed by atoms with Gasteiger partial charge in [-0.05, 0) is 73.9 Å². The smallest absolute Gasteiger partial charge is 0.315 e. The number of likely N-dealkylation sites (tertiary alicyclic amines) is 2. The summed E-state index contributed by atoms with van der Waals surface area (Å²) in [6.07, 6.45) is 4.99. The van der Waals surface area contributed by atoms with Crippen molar-refractivity contribution in [3.8, 4) is 0 Å². The van der Waals surface area contributed by atoms with Crippen molar-refractivity contribution in [2.75, 3.05) is 52.4 Å². The summed E-state index contributed by atoms with van der Waals surface area (Å²) in [6, 6.07) is 28.7. The molecule has 3 aromatic carbocycles. The molecule has 7 nitrogen and oxygen atoms in total. The molecule has 0 aliphatic carbocycles. The number of carbonyl (C=O) groups excluding carboxylic acids is 1. The standard InChI is InChI=1S/C36H47ClN4O3/c37-32-14-12-31(13-15-32)36(44)19-24-40(25-20-36)21-7-18-35(29-8-3-1-4-9-29,30-10-5-2-6-11-30)28-38-34(43)39-33-16-22-41(23-17-33)26-27-42/h1-6,8-15,33,42,44H,7,16-28H2,(H2,38,39,43). The van der Waals surface area contributed by atoms with Crippen LogP contribution in [0, 0.1) is 0 Å². The average molecular weight is 619 g/mol. The van der Waals surface area contributed by atoms with Gasteiger partial charge in [0.1, 0.15) is 0 Å². The Kier molecular flexibility index (Phi) is 11.3. The maximum Gasteiger partial charge on any atom is 0.315 e. The lowest BCUT2D eigenvalue weighted by Gasteiger charge is -2.40. The predicted octanol–water partition coefficient (Wildman–Crippen LogP) is 5.15. The molecule has 0 spiro atoms. The molecular weight excluding hydrogens is 572 g/mol. The molecule has 0 saturated carbocycles. The van der Waals surface area contributed by atoms with Crippen molar-refractivity contribution in [2.24, 2.45) is 0 Å². The summed E-state index contributed by atoms with van der Waals surface area (Å²) in [5, 5.41) is 27.7. The Bertz CT molecular complexity index is 1250. The third kappa shape index (κ3) is 8.20. The highest BCUT2D eigenvalue weighted by Crippen LogP contribution is 2.38. The number of hydrogen-bond acceptors (Lipinski definition) is 5. The van der Waals surface area contributed by atoms with Crippen molar-refractivity contribution in [3.63, 3.8) is 0 Å². The molecule has 2 aliphatic rings. The molecule has 2 amide bonds. The van der Waals surface area contributed by atoms with Gasteiger partial charge < -0.3 is 30.6 Å². The van der Waals surface area contributed by atoms with Crippen LogP contribution in [-0.4, -0.2) is 84.5 Å². The zero-order valence-corrected chi connectivity index (χ0v) is 26.4. The maximum atomic E-state index is 13.2. The Morgan fingerprint density at radius 1 is 0.841 bits per heavy atom. The summed E-state index contributed by atoms with van der Waals surface area (Å²) in [6.45, 7) is 5.72. The van der Waals surface area contributed by atoms with Crippen LogP contribution in [0.4, 0.5) is 4.79 Å². The van der Waals surface area contributed by atoms with Crippen LogP contribution in [0.5, 0.6) is 0 Å². The van der Waals surface area contributed by atoms with Crippen LogP contribution in [0.1, 0.15) is 55.2 Å². The van der Waals surface area contributed by atoms with Crippen molar-refractivity contribution in [1.82, 2.24) is 20.4 Å². The Hall–Kier alpha value is -2.94. The molecule has 0 bridgehead atoms. The maximum absolute atomic E-state index is 13.2. The number of aliphatic hydroxyl groups excluding tert-OH is 1. The van der Waals surface area contributed by atoms with E-state index >= 15 is 0 Å². The van der Waals surface area contributed by atoms with Crippen LogP contribution < -0.4 is 10.6 Å². The van der Waals surface area contributed by atoms with E-state index in [1.807, 2.05) is 36.4 Å². The van der Waals surface area contributed by atoms with Crippen LogP contribution in [0.3, 0.4) is 0 Å². The van der Waals surface area contributed by atoms with Gasteiger partial charge in [-0.25, -0.2) is 4.79 Å². The van der Waals surface area contributed by atoms with Crippen molar-refractivity contribution in [2.45, 2.75) is 55.6 Å². The molecule has 0 atom stereocenters. The van der Waals surface area contributed by atoms with E-state index in [-0.39, 0.29) is 24.1 Å². The highest BCUT2D eigenvalue weighted by molar-refractivity contribution is 6.30. The number of amides is 2. The first kappa shape index (κ1) is 32.5. The number of piperidine rings is 2. The molecule has 5 rings (SSSR count). The van der Waals surface area contributed by atoms with Crippen molar-refractivity contribution in [1.29, 1.82) is 0 Å². The second kappa shape index (κ2) is 15.4. The lowest BCUT2D eigenvalue weighted by Crippen LogP contribution is -2.51. The molecule has 2 aliphatic heterocycles. The highest BCUT2D eigenvalue weighted by Gasteiger charge is 2.37. The van der Waals surface area contributed by atoms with Gasteiger partial charge in [0, 0.05) is 55.7 Å². The van der Waals surface area contributed by atoms with Gasteiger partial charge in [-0.1, -0.05) is 84.4 Å². The van der Waals surface area contributed by atoms with E-state index in [0.29, 0.717) is 31.0 Å². The SMILES string of the molecule is O=C(NCC(CCCN1CCC(O)(c2ccc(Cl)cc2)CC1)(c1ccccc1)c1ccccc1)NC1CCN(CCO)CC1. The Balaban J connectivity index is 1.24. The second-order valence-corrected chi connectivity index (χ2v) is 12.9. The molecule has 2 heterocycles. The third-order valence-corrected chi connectivity index (χ3v) is 9.94. The number of β-amino-alcohol motifs (C(OH)–C–C–N with tert-alkyl or cyclic N) is 1. The normalized spacial score (nSPS) is 18.2. The van der Waals surface area contributed by atoms with Crippen LogP contribution >= 0.6 is 11.6 Å². The minimum atomic E-state index is -0.814. The second-order valence-electron chi connectivity index (χ2n) is 12.5. The average Bonchev–Trinajstić information content (AvgIpc) is 3.06. The van der Waals surface area contributed by atoms with Gasteiger partial charge in [0.25, 0.3) is 0 Å². The number of carbonyl (C=O) groups is 1. The van der Waals surface area contributed by atoms with Crippen molar-refractivity contribution >= 4 is 17.6 Å². The molecule has 8 heteroatoms. The predicted molar refractivity (Wildman–Crippen MR) is 177 cm³/mol. The van der Waals surface area contributed by atoms with E-state index in [2.05, 4.69) is 69.0 Å². The van der Waals surface area contributed by atoms with E-state index in [0.717, 1.165) is 64.0 Å². The Morgan fingerprint density at radius 2 is 1.41 bits per heavy atom. The van der Waals surface area contributed by atoms with E-state index in [1.54, 1.807) is 0 Å². The largest absolute Gasteiger partial charge is 0.395 e. The third-order valence-electron chi connectivity index (χ3n) is 9.69. The summed E-state index contributed by atoms with van der Waals surface area (Å²) in [7, 11) is 0. The minimum absolute atomic E-state index is 0.126. The fraction of sp³-hybridized carbons (Fsp3) is 0.472. The quantitative estimate of drug-likeness (QED) is 0.226. The number of benzene rings is 3. The molecule has 44 heavy (non-hydrogen) atoms. The Morgan fingerprint density at radius 3 is 1.98 bits per heavy atom. The van der Waals surface area contributed by atoms with Crippen molar-refractivity contribution in [3.05, 3.63) is 107 Å². The lowest BCUT2D eigenvalue weighted by atomic mass is 9.71. The number of nitrogens with zero attached hydrogens (tertiary/aromatic N) is 2. The molecule has 236 valence electrons. The molecular formula is C36H47ClN4O3. The summed E-state index contributed by atoms with van der Waals surface area (Å²) in [5.74, 6) is 0. The van der Waals surface area contributed by atoms with Gasteiger partial charge in [-0.3, -0.25) is 0 Å². The fourth-order valence-corrected chi connectivity index (χ4v) is 7.10. The van der Waals surface area contributed by atoms with Gasteiger partial charge in [0.2, 0.25) is 0 Å². The molecule has 0 aromatic heterocycles. The van der Waals surface area contributed by atoms with Gasteiger partial charge in [0.15, 0.2) is 0 Å². The van der Waals surface area contributed by atoms with E-state index in [4.69, 9.17) is 11.6 Å². The monoisotopic (exact) mass is 618 g/mol. The number of hydrogen-bond donors (Lipinski definition) is 4. The first-order valence-corrected chi connectivity index (χ1v) is 16.5. The highest BCUT2D eigenvalue weighted by atomic mass is 35.5.